The van der Waals surface area contributed by atoms with E-state index >= 15 is 0 Å². The number of anilines is 2. The maximum absolute atomic E-state index is 13.6. The van der Waals surface area contributed by atoms with Gasteiger partial charge in [-0.3, -0.25) is 4.79 Å². The van der Waals surface area contributed by atoms with Crippen molar-refractivity contribution in [3.63, 3.8) is 0 Å². The zero-order chi connectivity index (χ0) is 18.7. The van der Waals surface area contributed by atoms with Crippen LogP contribution in [-0.4, -0.2) is 38.6 Å². The van der Waals surface area contributed by atoms with Crippen molar-refractivity contribution in [3.8, 4) is 0 Å². The predicted molar refractivity (Wildman–Crippen MR) is 93.9 cm³/mol. The molecule has 2 aromatic rings. The lowest BCUT2D eigenvalue weighted by Crippen LogP contribution is -3.15. The SMILES string of the molecule is Cc1ccccc1N1CC[NH+](CC(=O)Nc2ccc(F)c(F)c2F)CC1. The van der Waals surface area contributed by atoms with Crippen LogP contribution in [0.2, 0.25) is 0 Å². The van der Waals surface area contributed by atoms with Gasteiger partial charge in [-0.05, 0) is 30.7 Å². The van der Waals surface area contributed by atoms with Crippen molar-refractivity contribution in [2.75, 3.05) is 42.9 Å². The zero-order valence-corrected chi connectivity index (χ0v) is 14.5. The highest BCUT2D eigenvalue weighted by Crippen LogP contribution is 2.20. The normalized spacial score (nSPS) is 15.2. The summed E-state index contributed by atoms with van der Waals surface area (Å²) in [6, 6.07) is 9.98. The zero-order valence-electron chi connectivity index (χ0n) is 14.5. The molecule has 1 aliphatic rings. The van der Waals surface area contributed by atoms with Crippen LogP contribution >= 0.6 is 0 Å². The summed E-state index contributed by atoms with van der Waals surface area (Å²) in [6.45, 7) is 5.38. The Hall–Kier alpha value is -2.54. The van der Waals surface area contributed by atoms with E-state index in [4.69, 9.17) is 0 Å². The molecule has 0 unspecified atom stereocenters. The number of hydrogen-bond donors (Lipinski definition) is 2. The van der Waals surface area contributed by atoms with Crippen molar-refractivity contribution < 1.29 is 22.9 Å². The van der Waals surface area contributed by atoms with Crippen LogP contribution in [0.1, 0.15) is 5.56 Å². The first kappa shape index (κ1) is 18.3. The first-order chi connectivity index (χ1) is 12.5. The Morgan fingerprint density at radius 3 is 2.46 bits per heavy atom. The van der Waals surface area contributed by atoms with Gasteiger partial charge < -0.3 is 15.1 Å². The fourth-order valence-electron chi connectivity index (χ4n) is 3.20. The summed E-state index contributed by atoms with van der Waals surface area (Å²) in [4.78, 5) is 15.5. The summed E-state index contributed by atoms with van der Waals surface area (Å²) in [7, 11) is 0. The summed E-state index contributed by atoms with van der Waals surface area (Å²) in [5.74, 6) is -4.66. The summed E-state index contributed by atoms with van der Waals surface area (Å²) in [5.41, 5.74) is 2.06. The number of nitrogens with zero attached hydrogens (tertiary/aromatic N) is 1. The van der Waals surface area contributed by atoms with Crippen molar-refractivity contribution in [2.45, 2.75) is 6.92 Å². The highest BCUT2D eigenvalue weighted by Gasteiger charge is 2.24. The van der Waals surface area contributed by atoms with Crippen molar-refractivity contribution in [1.82, 2.24) is 0 Å². The molecule has 0 bridgehead atoms. The molecule has 2 N–H and O–H groups in total. The number of amides is 1. The number of rotatable bonds is 4. The van der Waals surface area contributed by atoms with E-state index < -0.39 is 23.4 Å². The van der Waals surface area contributed by atoms with Crippen LogP contribution in [0.25, 0.3) is 0 Å². The molecule has 3 rings (SSSR count). The van der Waals surface area contributed by atoms with Crippen LogP contribution in [0.4, 0.5) is 24.5 Å². The minimum atomic E-state index is -1.58. The van der Waals surface area contributed by atoms with Crippen LogP contribution in [0.15, 0.2) is 36.4 Å². The van der Waals surface area contributed by atoms with Gasteiger partial charge in [-0.25, -0.2) is 13.2 Å². The molecule has 1 aliphatic heterocycles. The molecule has 0 saturated carbocycles. The van der Waals surface area contributed by atoms with E-state index in [-0.39, 0.29) is 12.2 Å². The van der Waals surface area contributed by atoms with Crippen LogP contribution in [0, 0.1) is 24.4 Å². The molecule has 1 heterocycles. The molecule has 1 amide bonds. The number of nitrogens with one attached hydrogen (secondary N) is 2. The molecule has 1 fully saturated rings. The molecule has 0 atom stereocenters. The fourth-order valence-corrected chi connectivity index (χ4v) is 3.20. The predicted octanol–water partition coefficient (Wildman–Crippen LogP) is 1.76. The molecule has 4 nitrogen and oxygen atoms in total. The van der Waals surface area contributed by atoms with E-state index in [1.807, 2.05) is 12.1 Å². The van der Waals surface area contributed by atoms with E-state index in [1.165, 1.54) is 11.3 Å². The second kappa shape index (κ2) is 7.78. The van der Waals surface area contributed by atoms with E-state index in [1.54, 1.807) is 0 Å². The highest BCUT2D eigenvalue weighted by molar-refractivity contribution is 5.91. The molecule has 0 spiro atoms. The fraction of sp³-hybridized carbons (Fsp3) is 0.316. The van der Waals surface area contributed by atoms with Crippen LogP contribution in [-0.2, 0) is 4.79 Å². The van der Waals surface area contributed by atoms with Gasteiger partial charge in [0.05, 0.1) is 31.9 Å². The Morgan fingerprint density at radius 2 is 1.77 bits per heavy atom. The summed E-state index contributed by atoms with van der Waals surface area (Å²) < 4.78 is 39.8. The summed E-state index contributed by atoms with van der Waals surface area (Å²) in [6.07, 6.45) is 0. The van der Waals surface area contributed by atoms with Gasteiger partial charge in [0.25, 0.3) is 5.91 Å². The quantitative estimate of drug-likeness (QED) is 0.812. The lowest BCUT2D eigenvalue weighted by molar-refractivity contribution is -0.892. The number of para-hydroxylation sites is 1. The van der Waals surface area contributed by atoms with E-state index in [2.05, 4.69) is 29.3 Å². The van der Waals surface area contributed by atoms with Gasteiger partial charge in [0.1, 0.15) is 0 Å². The van der Waals surface area contributed by atoms with Crippen molar-refractivity contribution >= 4 is 17.3 Å². The van der Waals surface area contributed by atoms with E-state index in [0.717, 1.165) is 43.2 Å². The summed E-state index contributed by atoms with van der Waals surface area (Å²) >= 11 is 0. The molecule has 2 aromatic carbocycles. The number of benzene rings is 2. The van der Waals surface area contributed by atoms with Gasteiger partial charge in [0, 0.05) is 5.69 Å². The van der Waals surface area contributed by atoms with Crippen LogP contribution < -0.4 is 15.1 Å². The minimum absolute atomic E-state index is 0.153. The Morgan fingerprint density at radius 1 is 1.08 bits per heavy atom. The van der Waals surface area contributed by atoms with Crippen molar-refractivity contribution in [3.05, 3.63) is 59.4 Å². The molecular weight excluding hydrogens is 343 g/mol. The average Bonchev–Trinajstić information content (AvgIpc) is 2.63. The average molecular weight is 364 g/mol. The third-order valence-corrected chi connectivity index (χ3v) is 4.65. The first-order valence-corrected chi connectivity index (χ1v) is 8.53. The number of hydrogen-bond acceptors (Lipinski definition) is 2. The lowest BCUT2D eigenvalue weighted by atomic mass is 10.1. The van der Waals surface area contributed by atoms with Crippen LogP contribution in [0.3, 0.4) is 0 Å². The Kier molecular flexibility index (Phi) is 5.46. The van der Waals surface area contributed by atoms with Gasteiger partial charge in [0.2, 0.25) is 0 Å². The molecule has 7 heteroatoms. The summed E-state index contributed by atoms with van der Waals surface area (Å²) in [5, 5.41) is 2.32. The number of carbonyl (C=O) groups is 1. The standard InChI is InChI=1S/C19H20F3N3O/c1-13-4-2-3-5-16(13)25-10-8-24(9-11-25)12-17(26)23-15-7-6-14(20)18(21)19(15)22/h2-7H,8-12H2,1H3,(H,23,26)/p+1. The first-order valence-electron chi connectivity index (χ1n) is 8.53. The number of piperazine rings is 1. The third kappa shape index (κ3) is 3.99. The topological polar surface area (TPSA) is 36.8 Å². The smallest absolute Gasteiger partial charge is 0.279 e. The Balaban J connectivity index is 1.54. The molecule has 1 saturated heterocycles. The Bertz CT molecular complexity index is 805. The van der Waals surface area contributed by atoms with Gasteiger partial charge >= 0.3 is 0 Å². The van der Waals surface area contributed by atoms with Gasteiger partial charge in [-0.2, -0.15) is 0 Å². The number of quaternary nitrogens is 1. The number of halogens is 3. The molecule has 0 radical (unpaired) electrons. The second-order valence-corrected chi connectivity index (χ2v) is 6.47. The Labute approximate surface area is 150 Å². The maximum atomic E-state index is 13.6. The molecule has 0 aliphatic carbocycles. The lowest BCUT2D eigenvalue weighted by Gasteiger charge is -2.34. The largest absolute Gasteiger partial charge is 0.360 e. The number of carbonyl (C=O) groups excluding carboxylic acids is 1. The molecule has 138 valence electrons. The van der Waals surface area contributed by atoms with Gasteiger partial charge in [-0.1, -0.05) is 18.2 Å². The highest BCUT2D eigenvalue weighted by atomic mass is 19.2. The maximum Gasteiger partial charge on any atom is 0.279 e. The molecule has 0 aromatic heterocycles. The second-order valence-electron chi connectivity index (χ2n) is 6.47. The van der Waals surface area contributed by atoms with Gasteiger partial charge in [0.15, 0.2) is 24.0 Å². The third-order valence-electron chi connectivity index (χ3n) is 4.65. The molecule has 26 heavy (non-hydrogen) atoms. The van der Waals surface area contributed by atoms with E-state index in [9.17, 15) is 18.0 Å². The van der Waals surface area contributed by atoms with Gasteiger partial charge in [-0.15, -0.1) is 0 Å². The monoisotopic (exact) mass is 364 g/mol. The minimum Gasteiger partial charge on any atom is -0.360 e. The van der Waals surface area contributed by atoms with Crippen LogP contribution in [0.5, 0.6) is 0 Å². The van der Waals surface area contributed by atoms with E-state index in [0.29, 0.717) is 0 Å². The van der Waals surface area contributed by atoms with Crippen molar-refractivity contribution in [2.24, 2.45) is 0 Å². The number of aryl methyl sites for hydroxylation is 1. The molecular formula is C19H21F3N3O+. The van der Waals surface area contributed by atoms with Crippen molar-refractivity contribution in [1.29, 1.82) is 0 Å².